The lowest BCUT2D eigenvalue weighted by molar-refractivity contribution is 0.0934. The highest BCUT2D eigenvalue weighted by atomic mass is 16.5. The monoisotopic (exact) mass is 314 g/mol. The third kappa shape index (κ3) is 5.34. The third-order valence-electron chi connectivity index (χ3n) is 3.38. The molecule has 1 heterocycles. The highest BCUT2D eigenvalue weighted by Crippen LogP contribution is 2.12. The van der Waals surface area contributed by atoms with E-state index in [1.165, 1.54) is 6.33 Å². The molecule has 0 aliphatic rings. The minimum atomic E-state index is -0.219. The van der Waals surface area contributed by atoms with Gasteiger partial charge < -0.3 is 15.4 Å². The zero-order chi connectivity index (χ0) is 16.5. The van der Waals surface area contributed by atoms with Gasteiger partial charge in [-0.05, 0) is 18.9 Å². The first-order chi connectivity index (χ1) is 11.2. The van der Waals surface area contributed by atoms with E-state index in [1.54, 1.807) is 13.2 Å². The quantitative estimate of drug-likeness (QED) is 0.732. The van der Waals surface area contributed by atoms with Crippen LogP contribution in [0, 0.1) is 0 Å². The van der Waals surface area contributed by atoms with Gasteiger partial charge in [0.1, 0.15) is 17.8 Å². The highest BCUT2D eigenvalue weighted by molar-refractivity contribution is 5.93. The number of nitrogens with one attached hydrogen (secondary N) is 2. The van der Waals surface area contributed by atoms with Gasteiger partial charge in [0.05, 0.1) is 6.04 Å². The van der Waals surface area contributed by atoms with Crippen molar-refractivity contribution in [2.45, 2.75) is 19.4 Å². The van der Waals surface area contributed by atoms with Gasteiger partial charge in [-0.15, -0.1) is 0 Å². The van der Waals surface area contributed by atoms with E-state index in [2.05, 4.69) is 20.6 Å². The Hall–Kier alpha value is -2.47. The maximum atomic E-state index is 12.3. The van der Waals surface area contributed by atoms with Gasteiger partial charge in [-0.1, -0.05) is 30.3 Å². The summed E-state index contributed by atoms with van der Waals surface area (Å²) in [6.07, 6.45) is 2.26. The molecule has 0 radical (unpaired) electrons. The van der Waals surface area contributed by atoms with Crippen LogP contribution in [0.1, 0.15) is 35.4 Å². The summed E-state index contributed by atoms with van der Waals surface area (Å²) >= 11 is 0. The van der Waals surface area contributed by atoms with E-state index in [4.69, 9.17) is 4.74 Å². The number of aromatic nitrogens is 2. The summed E-state index contributed by atoms with van der Waals surface area (Å²) in [4.78, 5) is 20.5. The molecule has 1 aromatic carbocycles. The van der Waals surface area contributed by atoms with Gasteiger partial charge in [-0.2, -0.15) is 0 Å². The Morgan fingerprint density at radius 2 is 2.04 bits per heavy atom. The van der Waals surface area contributed by atoms with Crippen LogP contribution in [-0.4, -0.2) is 36.1 Å². The lowest BCUT2D eigenvalue weighted by atomic mass is 10.1. The van der Waals surface area contributed by atoms with Crippen molar-refractivity contribution in [1.29, 1.82) is 0 Å². The molecule has 6 nitrogen and oxygen atoms in total. The second-order valence-electron chi connectivity index (χ2n) is 5.17. The molecule has 0 spiro atoms. The van der Waals surface area contributed by atoms with Crippen LogP contribution in [0.3, 0.4) is 0 Å². The van der Waals surface area contributed by atoms with Crippen molar-refractivity contribution in [1.82, 2.24) is 15.3 Å². The fourth-order valence-electron chi connectivity index (χ4n) is 2.11. The minimum Gasteiger partial charge on any atom is -0.385 e. The Morgan fingerprint density at radius 3 is 2.78 bits per heavy atom. The van der Waals surface area contributed by atoms with E-state index in [-0.39, 0.29) is 11.9 Å². The largest absolute Gasteiger partial charge is 0.385 e. The van der Waals surface area contributed by atoms with Gasteiger partial charge in [0, 0.05) is 26.3 Å². The summed E-state index contributed by atoms with van der Waals surface area (Å²) in [5, 5.41) is 6.09. The van der Waals surface area contributed by atoms with Crippen LogP contribution in [-0.2, 0) is 4.74 Å². The Labute approximate surface area is 136 Å². The Balaban J connectivity index is 1.94. The summed E-state index contributed by atoms with van der Waals surface area (Å²) in [5.74, 6) is 0.414. The lowest BCUT2D eigenvalue weighted by Gasteiger charge is -2.14. The van der Waals surface area contributed by atoms with E-state index in [0.717, 1.165) is 18.5 Å². The van der Waals surface area contributed by atoms with E-state index >= 15 is 0 Å². The number of rotatable bonds is 8. The normalized spacial score (nSPS) is 11.7. The SMILES string of the molecule is COCCCNc1cc(C(=O)NC(C)c2ccccc2)ncn1. The van der Waals surface area contributed by atoms with Crippen LogP contribution in [0.4, 0.5) is 5.82 Å². The second kappa shape index (κ2) is 8.85. The summed E-state index contributed by atoms with van der Waals surface area (Å²) in [5.41, 5.74) is 1.39. The molecule has 2 aromatic rings. The molecule has 0 aliphatic heterocycles. The van der Waals surface area contributed by atoms with Crippen LogP contribution in [0.15, 0.2) is 42.7 Å². The van der Waals surface area contributed by atoms with Crippen LogP contribution in [0.5, 0.6) is 0 Å². The van der Waals surface area contributed by atoms with E-state index < -0.39 is 0 Å². The number of nitrogens with zero attached hydrogens (tertiary/aromatic N) is 2. The minimum absolute atomic E-state index is 0.0863. The summed E-state index contributed by atoms with van der Waals surface area (Å²) in [7, 11) is 1.67. The number of carbonyl (C=O) groups is 1. The lowest BCUT2D eigenvalue weighted by Crippen LogP contribution is -2.27. The van der Waals surface area contributed by atoms with Crippen molar-refractivity contribution < 1.29 is 9.53 Å². The number of benzene rings is 1. The molecule has 1 unspecified atom stereocenters. The predicted octanol–water partition coefficient (Wildman–Crippen LogP) is 2.42. The Morgan fingerprint density at radius 1 is 1.26 bits per heavy atom. The van der Waals surface area contributed by atoms with Crippen molar-refractivity contribution in [2.24, 2.45) is 0 Å². The smallest absolute Gasteiger partial charge is 0.270 e. The number of ether oxygens (including phenoxy) is 1. The number of hydrogen-bond donors (Lipinski definition) is 2. The van der Waals surface area contributed by atoms with Crippen molar-refractivity contribution in [2.75, 3.05) is 25.6 Å². The maximum absolute atomic E-state index is 12.3. The number of amides is 1. The van der Waals surface area contributed by atoms with E-state index in [1.807, 2.05) is 37.3 Å². The van der Waals surface area contributed by atoms with Crippen molar-refractivity contribution in [3.8, 4) is 0 Å². The molecule has 0 saturated heterocycles. The zero-order valence-electron chi connectivity index (χ0n) is 13.5. The fraction of sp³-hybridized carbons (Fsp3) is 0.353. The number of anilines is 1. The summed E-state index contributed by atoms with van der Waals surface area (Å²) in [6, 6.07) is 11.4. The molecule has 2 rings (SSSR count). The van der Waals surface area contributed by atoms with Crippen LogP contribution in [0.2, 0.25) is 0 Å². The zero-order valence-corrected chi connectivity index (χ0v) is 13.5. The van der Waals surface area contributed by atoms with Crippen LogP contribution >= 0.6 is 0 Å². The molecule has 6 heteroatoms. The molecule has 0 aliphatic carbocycles. The average Bonchev–Trinajstić information content (AvgIpc) is 2.60. The van der Waals surface area contributed by atoms with E-state index in [0.29, 0.717) is 18.1 Å². The highest BCUT2D eigenvalue weighted by Gasteiger charge is 2.13. The second-order valence-corrected chi connectivity index (χ2v) is 5.17. The summed E-state index contributed by atoms with van der Waals surface area (Å²) in [6.45, 7) is 3.35. The molecule has 0 bridgehead atoms. The standard InChI is InChI=1S/C17H22N4O2/c1-13(14-7-4-3-5-8-14)21-17(22)15-11-16(20-12-19-15)18-9-6-10-23-2/h3-5,7-8,11-13H,6,9-10H2,1-2H3,(H,21,22)(H,18,19,20). The number of hydrogen-bond acceptors (Lipinski definition) is 5. The van der Waals surface area contributed by atoms with Gasteiger partial charge >= 0.3 is 0 Å². The van der Waals surface area contributed by atoms with Crippen molar-refractivity contribution in [3.63, 3.8) is 0 Å². The van der Waals surface area contributed by atoms with Crippen LogP contribution in [0.25, 0.3) is 0 Å². The molecule has 1 amide bonds. The van der Waals surface area contributed by atoms with Crippen molar-refractivity contribution >= 4 is 11.7 Å². The molecule has 23 heavy (non-hydrogen) atoms. The van der Waals surface area contributed by atoms with Gasteiger partial charge in [0.2, 0.25) is 0 Å². The molecule has 2 N–H and O–H groups in total. The fourth-order valence-corrected chi connectivity index (χ4v) is 2.11. The molecule has 1 atom stereocenters. The van der Waals surface area contributed by atoms with Crippen molar-refractivity contribution in [3.05, 3.63) is 54.0 Å². The van der Waals surface area contributed by atoms with Gasteiger partial charge in [-0.3, -0.25) is 4.79 Å². The molecule has 0 fully saturated rings. The third-order valence-corrected chi connectivity index (χ3v) is 3.38. The van der Waals surface area contributed by atoms with Gasteiger partial charge in [0.25, 0.3) is 5.91 Å². The summed E-state index contributed by atoms with van der Waals surface area (Å²) < 4.78 is 4.99. The number of carbonyl (C=O) groups excluding carboxylic acids is 1. The van der Waals surface area contributed by atoms with Crippen LogP contribution < -0.4 is 10.6 Å². The molecule has 122 valence electrons. The van der Waals surface area contributed by atoms with Gasteiger partial charge in [0.15, 0.2) is 0 Å². The number of methoxy groups -OCH3 is 1. The maximum Gasteiger partial charge on any atom is 0.270 e. The first-order valence-corrected chi connectivity index (χ1v) is 7.61. The topological polar surface area (TPSA) is 76.1 Å². The van der Waals surface area contributed by atoms with E-state index in [9.17, 15) is 4.79 Å². The molecule has 1 aromatic heterocycles. The Bertz CT molecular complexity index is 619. The first kappa shape index (κ1) is 16.9. The molecule has 0 saturated carbocycles. The average molecular weight is 314 g/mol. The molecular weight excluding hydrogens is 292 g/mol. The first-order valence-electron chi connectivity index (χ1n) is 7.61. The molecular formula is C17H22N4O2. The van der Waals surface area contributed by atoms with Gasteiger partial charge in [-0.25, -0.2) is 9.97 Å². The Kier molecular flexibility index (Phi) is 6.50. The predicted molar refractivity (Wildman–Crippen MR) is 89.3 cm³/mol.